The SMILES string of the molecule is CC1CC(C)CN(C(=O)C2CCS(=O)(=O)C2)C1. The van der Waals surface area contributed by atoms with Crippen LogP contribution in [0.15, 0.2) is 0 Å². The van der Waals surface area contributed by atoms with Crippen molar-refractivity contribution in [1.82, 2.24) is 4.90 Å². The molecule has 2 heterocycles. The molecular weight excluding hydrogens is 238 g/mol. The van der Waals surface area contributed by atoms with Gasteiger partial charge in [-0.2, -0.15) is 0 Å². The number of carbonyl (C=O) groups is 1. The second-order valence-electron chi connectivity index (χ2n) is 5.79. The van der Waals surface area contributed by atoms with E-state index in [9.17, 15) is 13.2 Å². The summed E-state index contributed by atoms with van der Waals surface area (Å²) >= 11 is 0. The number of sulfone groups is 1. The van der Waals surface area contributed by atoms with Crippen molar-refractivity contribution < 1.29 is 13.2 Å². The Morgan fingerprint density at radius 1 is 1.18 bits per heavy atom. The molecule has 5 heteroatoms. The molecule has 0 aromatic rings. The van der Waals surface area contributed by atoms with Crippen molar-refractivity contribution in [2.45, 2.75) is 26.7 Å². The molecule has 0 aromatic heterocycles. The van der Waals surface area contributed by atoms with E-state index in [2.05, 4.69) is 13.8 Å². The van der Waals surface area contributed by atoms with Gasteiger partial charge in [0.15, 0.2) is 9.84 Å². The van der Waals surface area contributed by atoms with Gasteiger partial charge in [0.05, 0.1) is 17.4 Å². The Hall–Kier alpha value is -0.580. The third kappa shape index (κ3) is 3.00. The summed E-state index contributed by atoms with van der Waals surface area (Å²) in [5, 5.41) is 0. The standard InChI is InChI=1S/C12H21NO3S/c1-9-5-10(2)7-13(6-9)12(14)11-3-4-17(15,16)8-11/h9-11H,3-8H2,1-2H3. The first kappa shape index (κ1) is 12.9. The van der Waals surface area contributed by atoms with Crippen LogP contribution in [-0.2, 0) is 14.6 Å². The van der Waals surface area contributed by atoms with E-state index in [1.165, 1.54) is 0 Å². The van der Waals surface area contributed by atoms with Crippen molar-refractivity contribution >= 4 is 15.7 Å². The van der Waals surface area contributed by atoms with Gasteiger partial charge in [0.1, 0.15) is 0 Å². The molecule has 0 saturated carbocycles. The van der Waals surface area contributed by atoms with Gasteiger partial charge in [-0.1, -0.05) is 13.8 Å². The third-order valence-electron chi connectivity index (χ3n) is 3.76. The number of hydrogen-bond acceptors (Lipinski definition) is 3. The minimum absolute atomic E-state index is 0.0597. The Balaban J connectivity index is 2.00. The highest BCUT2D eigenvalue weighted by Gasteiger charge is 2.37. The zero-order chi connectivity index (χ0) is 12.6. The van der Waals surface area contributed by atoms with Gasteiger partial charge < -0.3 is 4.90 Å². The molecule has 2 aliphatic heterocycles. The van der Waals surface area contributed by atoms with Crippen molar-refractivity contribution in [3.63, 3.8) is 0 Å². The average Bonchev–Trinajstić information content (AvgIpc) is 2.56. The fraction of sp³-hybridized carbons (Fsp3) is 0.917. The highest BCUT2D eigenvalue weighted by molar-refractivity contribution is 7.91. The summed E-state index contributed by atoms with van der Waals surface area (Å²) in [6.45, 7) is 5.89. The zero-order valence-electron chi connectivity index (χ0n) is 10.6. The quantitative estimate of drug-likeness (QED) is 0.704. The third-order valence-corrected chi connectivity index (χ3v) is 5.53. The predicted octanol–water partition coefficient (Wildman–Crippen LogP) is 0.926. The molecule has 2 rings (SSSR count). The fourth-order valence-electron chi connectivity index (χ4n) is 3.09. The van der Waals surface area contributed by atoms with Gasteiger partial charge in [-0.25, -0.2) is 8.42 Å². The first-order valence-corrected chi connectivity index (χ1v) is 8.19. The predicted molar refractivity (Wildman–Crippen MR) is 66.3 cm³/mol. The van der Waals surface area contributed by atoms with Crippen LogP contribution in [0, 0.1) is 17.8 Å². The van der Waals surface area contributed by atoms with Gasteiger partial charge in [-0.3, -0.25) is 4.79 Å². The summed E-state index contributed by atoms with van der Waals surface area (Å²) in [5.41, 5.74) is 0. The van der Waals surface area contributed by atoms with Crippen LogP contribution >= 0.6 is 0 Å². The van der Waals surface area contributed by atoms with E-state index < -0.39 is 9.84 Å². The number of nitrogens with zero attached hydrogens (tertiary/aromatic N) is 1. The Morgan fingerprint density at radius 3 is 2.24 bits per heavy atom. The number of amides is 1. The van der Waals surface area contributed by atoms with Gasteiger partial charge in [0, 0.05) is 13.1 Å². The van der Waals surface area contributed by atoms with Crippen LogP contribution in [-0.4, -0.2) is 43.8 Å². The second kappa shape index (κ2) is 4.59. The van der Waals surface area contributed by atoms with Crippen LogP contribution in [0.25, 0.3) is 0 Å². The highest BCUT2D eigenvalue weighted by atomic mass is 32.2. The number of rotatable bonds is 1. The van der Waals surface area contributed by atoms with Gasteiger partial charge in [-0.15, -0.1) is 0 Å². The molecule has 1 amide bonds. The van der Waals surface area contributed by atoms with Crippen molar-refractivity contribution in [2.24, 2.45) is 17.8 Å². The molecule has 0 aliphatic carbocycles. The molecule has 2 saturated heterocycles. The molecule has 4 nitrogen and oxygen atoms in total. The first-order chi connectivity index (χ1) is 7.87. The van der Waals surface area contributed by atoms with Gasteiger partial charge in [0.2, 0.25) is 5.91 Å². The van der Waals surface area contributed by atoms with Crippen LogP contribution in [0.3, 0.4) is 0 Å². The number of likely N-dealkylation sites (tertiary alicyclic amines) is 1. The molecule has 0 aromatic carbocycles. The maximum Gasteiger partial charge on any atom is 0.226 e. The molecule has 0 bridgehead atoms. The summed E-state index contributed by atoms with van der Waals surface area (Å²) in [7, 11) is -2.95. The van der Waals surface area contributed by atoms with E-state index in [0.29, 0.717) is 18.3 Å². The number of hydrogen-bond donors (Lipinski definition) is 0. The lowest BCUT2D eigenvalue weighted by atomic mass is 9.91. The fourth-order valence-corrected chi connectivity index (χ4v) is 4.82. The highest BCUT2D eigenvalue weighted by Crippen LogP contribution is 2.26. The first-order valence-electron chi connectivity index (χ1n) is 6.36. The van der Waals surface area contributed by atoms with Gasteiger partial charge in [0.25, 0.3) is 0 Å². The zero-order valence-corrected chi connectivity index (χ0v) is 11.4. The second-order valence-corrected chi connectivity index (χ2v) is 8.02. The van der Waals surface area contributed by atoms with Gasteiger partial charge >= 0.3 is 0 Å². The van der Waals surface area contributed by atoms with Crippen molar-refractivity contribution in [1.29, 1.82) is 0 Å². The number of carbonyl (C=O) groups excluding carboxylic acids is 1. The summed E-state index contributed by atoms with van der Waals surface area (Å²) in [6.07, 6.45) is 1.67. The minimum Gasteiger partial charge on any atom is -0.342 e. The summed E-state index contributed by atoms with van der Waals surface area (Å²) in [5.74, 6) is 1.08. The van der Waals surface area contributed by atoms with Crippen molar-refractivity contribution in [3.8, 4) is 0 Å². The molecule has 0 spiro atoms. The van der Waals surface area contributed by atoms with Crippen LogP contribution < -0.4 is 0 Å². The largest absolute Gasteiger partial charge is 0.342 e. The van der Waals surface area contributed by atoms with Crippen LogP contribution in [0.2, 0.25) is 0 Å². The molecule has 3 atom stereocenters. The average molecular weight is 259 g/mol. The topological polar surface area (TPSA) is 54.5 Å². The van der Waals surface area contributed by atoms with Crippen molar-refractivity contribution in [3.05, 3.63) is 0 Å². The van der Waals surface area contributed by atoms with Crippen molar-refractivity contribution in [2.75, 3.05) is 24.6 Å². The molecular formula is C12H21NO3S. The van der Waals surface area contributed by atoms with Crippen LogP contribution in [0.4, 0.5) is 0 Å². The minimum atomic E-state index is -2.95. The maximum absolute atomic E-state index is 12.2. The maximum atomic E-state index is 12.2. The Morgan fingerprint density at radius 2 is 1.76 bits per heavy atom. The van der Waals surface area contributed by atoms with E-state index in [1.807, 2.05) is 4.90 Å². The summed E-state index contributed by atoms with van der Waals surface area (Å²) in [6, 6.07) is 0. The van der Waals surface area contributed by atoms with E-state index in [0.717, 1.165) is 19.5 Å². The molecule has 0 radical (unpaired) electrons. The van der Waals surface area contributed by atoms with E-state index in [-0.39, 0.29) is 23.3 Å². The number of piperidine rings is 1. The monoisotopic (exact) mass is 259 g/mol. The normalized spacial score (nSPS) is 37.1. The lowest BCUT2D eigenvalue weighted by molar-refractivity contribution is -0.137. The lowest BCUT2D eigenvalue weighted by Crippen LogP contribution is -2.45. The molecule has 0 N–H and O–H groups in total. The van der Waals surface area contributed by atoms with Crippen LogP contribution in [0.1, 0.15) is 26.7 Å². The smallest absolute Gasteiger partial charge is 0.226 e. The Bertz CT molecular complexity index is 394. The van der Waals surface area contributed by atoms with E-state index in [4.69, 9.17) is 0 Å². The summed E-state index contributed by atoms with van der Waals surface area (Å²) in [4.78, 5) is 14.1. The molecule has 2 aliphatic rings. The molecule has 3 unspecified atom stereocenters. The molecule has 2 fully saturated rings. The van der Waals surface area contributed by atoms with E-state index in [1.54, 1.807) is 0 Å². The van der Waals surface area contributed by atoms with Gasteiger partial charge in [-0.05, 0) is 24.7 Å². The van der Waals surface area contributed by atoms with E-state index >= 15 is 0 Å². The lowest BCUT2D eigenvalue weighted by Gasteiger charge is -2.36. The summed E-state index contributed by atoms with van der Waals surface area (Å²) < 4.78 is 22.8. The Labute approximate surface area is 103 Å². The molecule has 17 heavy (non-hydrogen) atoms. The van der Waals surface area contributed by atoms with Crippen LogP contribution in [0.5, 0.6) is 0 Å². The molecule has 98 valence electrons. The Kier molecular flexibility index (Phi) is 3.48.